The zero-order chi connectivity index (χ0) is 12.4. The molecule has 94 valence electrons. The van der Waals surface area contributed by atoms with Gasteiger partial charge in [0.05, 0.1) is 0 Å². The van der Waals surface area contributed by atoms with E-state index < -0.39 is 0 Å². The predicted octanol–water partition coefficient (Wildman–Crippen LogP) is 0.464. The first-order valence-electron chi connectivity index (χ1n) is 6.13. The lowest BCUT2D eigenvalue weighted by molar-refractivity contribution is 0.669. The van der Waals surface area contributed by atoms with Crippen molar-refractivity contribution in [3.8, 4) is 0 Å². The van der Waals surface area contributed by atoms with E-state index in [9.17, 15) is 9.59 Å². The molecule has 0 radical (unpaired) electrons. The van der Waals surface area contributed by atoms with Gasteiger partial charge in [-0.25, -0.2) is 4.79 Å². The van der Waals surface area contributed by atoms with Gasteiger partial charge in [0, 0.05) is 33.4 Å². The van der Waals surface area contributed by atoms with Crippen LogP contribution in [0.5, 0.6) is 0 Å². The summed E-state index contributed by atoms with van der Waals surface area (Å²) < 4.78 is 2.65. The number of hydrogen-bond donors (Lipinski definition) is 0. The summed E-state index contributed by atoms with van der Waals surface area (Å²) in [4.78, 5) is 25.8. The van der Waals surface area contributed by atoms with Gasteiger partial charge in [0.2, 0.25) is 0 Å². The second-order valence-electron chi connectivity index (χ2n) is 4.67. The van der Waals surface area contributed by atoms with Crippen LogP contribution in [-0.4, -0.2) is 22.2 Å². The Kier molecular flexibility index (Phi) is 3.36. The molecular weight excluding hydrogens is 218 g/mol. The van der Waals surface area contributed by atoms with Crippen LogP contribution >= 0.6 is 0 Å². The number of hydrogen-bond acceptors (Lipinski definition) is 3. The molecule has 0 atom stereocenters. The monoisotopic (exact) mass is 237 g/mol. The molecule has 0 N–H and O–H groups in total. The third-order valence-electron chi connectivity index (χ3n) is 3.38. The fourth-order valence-electron chi connectivity index (χ4n) is 2.32. The van der Waals surface area contributed by atoms with Crippen molar-refractivity contribution < 1.29 is 0 Å². The Bertz CT molecular complexity index is 507. The molecule has 5 heteroatoms. The van der Waals surface area contributed by atoms with E-state index in [4.69, 9.17) is 0 Å². The van der Waals surface area contributed by atoms with E-state index in [-0.39, 0.29) is 11.2 Å². The molecule has 1 saturated heterocycles. The minimum absolute atomic E-state index is 0.185. The van der Waals surface area contributed by atoms with Crippen molar-refractivity contribution in [1.82, 2.24) is 9.13 Å². The van der Waals surface area contributed by atoms with Gasteiger partial charge in [-0.15, -0.1) is 0 Å². The molecule has 1 aliphatic heterocycles. The third-order valence-corrected chi connectivity index (χ3v) is 3.38. The molecule has 1 aliphatic rings. The zero-order valence-corrected chi connectivity index (χ0v) is 10.5. The summed E-state index contributed by atoms with van der Waals surface area (Å²) in [6, 6.07) is 0. The van der Waals surface area contributed by atoms with Gasteiger partial charge in [0.25, 0.3) is 5.56 Å². The molecule has 0 spiro atoms. The van der Waals surface area contributed by atoms with Gasteiger partial charge in [-0.3, -0.25) is 9.36 Å². The van der Waals surface area contributed by atoms with Gasteiger partial charge in [-0.1, -0.05) is 12.8 Å². The largest absolute Gasteiger partial charge is 0.366 e. The molecule has 0 unspecified atom stereocenters. The highest BCUT2D eigenvalue weighted by atomic mass is 16.2. The molecule has 1 aromatic rings. The van der Waals surface area contributed by atoms with Crippen molar-refractivity contribution in [2.45, 2.75) is 25.7 Å². The normalized spacial score (nSPS) is 16.9. The molecule has 0 bridgehead atoms. The zero-order valence-electron chi connectivity index (χ0n) is 10.5. The Hall–Kier alpha value is -1.52. The molecule has 5 nitrogen and oxygen atoms in total. The van der Waals surface area contributed by atoms with Crippen LogP contribution in [-0.2, 0) is 14.1 Å². The summed E-state index contributed by atoms with van der Waals surface area (Å²) in [6.07, 6.45) is 6.35. The Balaban J connectivity index is 2.44. The first-order valence-corrected chi connectivity index (χ1v) is 6.13. The van der Waals surface area contributed by atoms with Gasteiger partial charge in [-0.2, -0.15) is 0 Å². The molecule has 1 aromatic heterocycles. The second kappa shape index (κ2) is 4.77. The number of nitrogens with zero attached hydrogens (tertiary/aromatic N) is 3. The molecule has 1 fully saturated rings. The molecule has 2 heterocycles. The molecule has 0 saturated carbocycles. The van der Waals surface area contributed by atoms with Crippen LogP contribution in [0.3, 0.4) is 0 Å². The SMILES string of the molecule is Cn1cc(N2CCCCCC2)c(=O)n(C)c1=O. The fraction of sp³-hybridized carbons (Fsp3) is 0.667. The van der Waals surface area contributed by atoms with E-state index in [0.717, 1.165) is 25.9 Å². The highest BCUT2D eigenvalue weighted by molar-refractivity contribution is 5.42. The average Bonchev–Trinajstić information content (AvgIpc) is 2.60. The Morgan fingerprint density at radius 3 is 2.18 bits per heavy atom. The predicted molar refractivity (Wildman–Crippen MR) is 67.6 cm³/mol. The number of aromatic nitrogens is 2. The average molecular weight is 237 g/mol. The second-order valence-corrected chi connectivity index (χ2v) is 4.67. The van der Waals surface area contributed by atoms with Crippen molar-refractivity contribution in [3.05, 3.63) is 27.0 Å². The molecule has 0 aromatic carbocycles. The van der Waals surface area contributed by atoms with E-state index in [1.165, 1.54) is 29.0 Å². The van der Waals surface area contributed by atoms with Crippen LogP contribution < -0.4 is 16.1 Å². The van der Waals surface area contributed by atoms with Crippen molar-refractivity contribution in [1.29, 1.82) is 0 Å². The van der Waals surface area contributed by atoms with Crippen LogP contribution in [0.4, 0.5) is 5.69 Å². The minimum Gasteiger partial charge on any atom is -0.366 e. The lowest BCUT2D eigenvalue weighted by atomic mass is 10.2. The van der Waals surface area contributed by atoms with Gasteiger partial charge >= 0.3 is 5.69 Å². The molecule has 0 aliphatic carbocycles. The van der Waals surface area contributed by atoms with E-state index in [0.29, 0.717) is 5.69 Å². The lowest BCUT2D eigenvalue weighted by Gasteiger charge is -2.22. The number of anilines is 1. The first-order chi connectivity index (χ1) is 8.11. The molecule has 0 amide bonds. The highest BCUT2D eigenvalue weighted by Gasteiger charge is 2.15. The highest BCUT2D eigenvalue weighted by Crippen LogP contribution is 2.14. The summed E-state index contributed by atoms with van der Waals surface area (Å²) in [5, 5.41) is 0. The number of aryl methyl sites for hydroxylation is 1. The lowest BCUT2D eigenvalue weighted by Crippen LogP contribution is -2.41. The summed E-state index contributed by atoms with van der Waals surface area (Å²) >= 11 is 0. The van der Waals surface area contributed by atoms with Crippen molar-refractivity contribution in [2.75, 3.05) is 18.0 Å². The van der Waals surface area contributed by atoms with Crippen LogP contribution in [0, 0.1) is 0 Å². The maximum Gasteiger partial charge on any atom is 0.330 e. The van der Waals surface area contributed by atoms with E-state index >= 15 is 0 Å². The van der Waals surface area contributed by atoms with E-state index in [2.05, 4.69) is 4.90 Å². The van der Waals surface area contributed by atoms with E-state index in [1.807, 2.05) is 0 Å². The molecular formula is C12H19N3O2. The van der Waals surface area contributed by atoms with Crippen LogP contribution in [0.2, 0.25) is 0 Å². The topological polar surface area (TPSA) is 47.2 Å². The van der Waals surface area contributed by atoms with Crippen LogP contribution in [0.1, 0.15) is 25.7 Å². The van der Waals surface area contributed by atoms with Crippen LogP contribution in [0.15, 0.2) is 15.8 Å². The summed E-state index contributed by atoms with van der Waals surface area (Å²) in [5.74, 6) is 0. The van der Waals surface area contributed by atoms with Gasteiger partial charge < -0.3 is 9.47 Å². The Morgan fingerprint density at radius 1 is 1.00 bits per heavy atom. The number of rotatable bonds is 1. The molecule has 17 heavy (non-hydrogen) atoms. The Labute approximate surface area is 100 Å². The van der Waals surface area contributed by atoms with E-state index in [1.54, 1.807) is 13.2 Å². The summed E-state index contributed by atoms with van der Waals surface area (Å²) in [5.41, 5.74) is 0.195. The quantitative estimate of drug-likeness (QED) is 0.713. The standard InChI is InChI=1S/C12H19N3O2/c1-13-9-10(11(16)14(2)12(13)17)15-7-5-3-4-6-8-15/h9H,3-8H2,1-2H3. The third kappa shape index (κ3) is 2.28. The van der Waals surface area contributed by atoms with Crippen LogP contribution in [0.25, 0.3) is 0 Å². The van der Waals surface area contributed by atoms with Gasteiger partial charge in [0.1, 0.15) is 5.69 Å². The van der Waals surface area contributed by atoms with Gasteiger partial charge in [0.15, 0.2) is 0 Å². The summed E-state index contributed by atoms with van der Waals surface area (Å²) in [7, 11) is 3.22. The van der Waals surface area contributed by atoms with Gasteiger partial charge in [-0.05, 0) is 12.8 Å². The summed E-state index contributed by atoms with van der Waals surface area (Å²) in [6.45, 7) is 1.82. The van der Waals surface area contributed by atoms with Crippen molar-refractivity contribution in [2.24, 2.45) is 14.1 Å². The minimum atomic E-state index is -0.270. The maximum absolute atomic E-state index is 12.1. The fourth-order valence-corrected chi connectivity index (χ4v) is 2.32. The molecule has 2 rings (SSSR count). The Morgan fingerprint density at radius 2 is 1.59 bits per heavy atom. The smallest absolute Gasteiger partial charge is 0.330 e. The maximum atomic E-state index is 12.1. The first kappa shape index (κ1) is 12.0. The van der Waals surface area contributed by atoms with Crippen molar-refractivity contribution in [3.63, 3.8) is 0 Å². The van der Waals surface area contributed by atoms with Crippen molar-refractivity contribution >= 4 is 5.69 Å².